The summed E-state index contributed by atoms with van der Waals surface area (Å²) in [5.41, 5.74) is 9.29. The van der Waals surface area contributed by atoms with Gasteiger partial charge in [-0.3, -0.25) is 9.59 Å². The lowest BCUT2D eigenvalue weighted by Gasteiger charge is -2.14. The Kier molecular flexibility index (Phi) is 11.6. The number of thioether (sulfide) groups is 1. The number of benzene rings is 5. The summed E-state index contributed by atoms with van der Waals surface area (Å²) in [7, 11) is 7.00. The van der Waals surface area contributed by atoms with Gasteiger partial charge in [-0.25, -0.2) is 4.79 Å². The predicted octanol–water partition coefficient (Wildman–Crippen LogP) is 8.42. The lowest BCUT2D eigenvalue weighted by molar-refractivity contribution is -0.139. The number of aryl methyl sites for hydroxylation is 1. The molecule has 2 amide bonds. The minimum Gasteiger partial charge on any atom is -0.482 e. The Hall–Kier alpha value is -5.60. The zero-order valence-electron chi connectivity index (χ0n) is 28.8. The molecule has 1 N–H and O–H groups in total. The van der Waals surface area contributed by atoms with Gasteiger partial charge in [-0.15, -0.1) is 11.8 Å². The van der Waals surface area contributed by atoms with Crippen molar-refractivity contribution in [2.24, 2.45) is 0 Å². The summed E-state index contributed by atoms with van der Waals surface area (Å²) in [5.74, 6) is 0.159. The summed E-state index contributed by atoms with van der Waals surface area (Å²) in [5, 5.41) is 8.96. The Morgan fingerprint density at radius 3 is 1.58 bits per heavy atom. The van der Waals surface area contributed by atoms with Crippen LogP contribution in [0.5, 0.6) is 5.75 Å². The zero-order chi connectivity index (χ0) is 35.8. The first-order valence-corrected chi connectivity index (χ1v) is 17.1. The van der Waals surface area contributed by atoms with E-state index in [0.717, 1.165) is 49.4 Å². The quantitative estimate of drug-likeness (QED) is 0.133. The largest absolute Gasteiger partial charge is 0.482 e. The Morgan fingerprint density at radius 2 is 1.14 bits per heavy atom. The second kappa shape index (κ2) is 16.2. The third kappa shape index (κ3) is 8.89. The highest BCUT2D eigenvalue weighted by Crippen LogP contribution is 2.32. The molecular formula is C42H40N2O5S. The highest BCUT2D eigenvalue weighted by molar-refractivity contribution is 7.99. The number of carboxylic acids is 1. The van der Waals surface area contributed by atoms with Gasteiger partial charge in [0.05, 0.1) is 0 Å². The van der Waals surface area contributed by atoms with Crippen molar-refractivity contribution in [2.45, 2.75) is 11.8 Å². The minimum absolute atomic E-state index is 0.0386. The maximum Gasteiger partial charge on any atom is 0.341 e. The highest BCUT2D eigenvalue weighted by atomic mass is 32.2. The van der Waals surface area contributed by atoms with Crippen molar-refractivity contribution < 1.29 is 24.2 Å². The summed E-state index contributed by atoms with van der Waals surface area (Å²) >= 11 is 1.68. The molecule has 5 aromatic carbocycles. The first kappa shape index (κ1) is 35.7. The van der Waals surface area contributed by atoms with E-state index in [1.54, 1.807) is 49.8 Å². The molecule has 0 spiro atoms. The van der Waals surface area contributed by atoms with Crippen LogP contribution in [0.1, 0.15) is 37.4 Å². The van der Waals surface area contributed by atoms with Gasteiger partial charge in [-0.1, -0.05) is 78.9 Å². The van der Waals surface area contributed by atoms with E-state index in [9.17, 15) is 14.4 Å². The van der Waals surface area contributed by atoms with E-state index >= 15 is 0 Å². The van der Waals surface area contributed by atoms with Crippen LogP contribution in [0, 0.1) is 6.92 Å². The predicted molar refractivity (Wildman–Crippen MR) is 202 cm³/mol. The van der Waals surface area contributed by atoms with Crippen molar-refractivity contribution in [1.29, 1.82) is 0 Å². The Morgan fingerprint density at radius 1 is 0.640 bits per heavy atom. The average Bonchev–Trinajstić information content (AvgIpc) is 3.12. The van der Waals surface area contributed by atoms with E-state index < -0.39 is 5.97 Å². The number of carbonyl (C=O) groups excluding carboxylic acids is 2. The Bertz CT molecular complexity index is 1920. The SMILES string of the molecule is Cc1cc(SCC=C(c2ccc(-c3cccc(C(=O)N(C)C)c3)cc2)c2ccc(-c3cccc(C(=O)N(C)C)c3)cc2)ccc1OCC(=O)O. The molecule has 0 radical (unpaired) electrons. The van der Waals surface area contributed by atoms with Gasteiger partial charge in [0.15, 0.2) is 6.61 Å². The van der Waals surface area contributed by atoms with E-state index in [-0.39, 0.29) is 18.4 Å². The molecular weight excluding hydrogens is 645 g/mol. The van der Waals surface area contributed by atoms with Crippen LogP contribution in [-0.2, 0) is 4.79 Å². The Balaban J connectivity index is 1.44. The zero-order valence-corrected chi connectivity index (χ0v) is 29.7. The molecule has 254 valence electrons. The van der Waals surface area contributed by atoms with Crippen LogP contribution in [-0.4, -0.2) is 73.2 Å². The molecule has 0 atom stereocenters. The molecule has 0 aromatic heterocycles. The molecule has 0 saturated heterocycles. The Labute approximate surface area is 297 Å². The van der Waals surface area contributed by atoms with Gasteiger partial charge in [-0.2, -0.15) is 0 Å². The number of carbonyl (C=O) groups is 3. The van der Waals surface area contributed by atoms with Crippen molar-refractivity contribution in [3.8, 4) is 28.0 Å². The van der Waals surface area contributed by atoms with Crippen LogP contribution in [0.25, 0.3) is 27.8 Å². The second-order valence-corrected chi connectivity index (χ2v) is 13.3. The van der Waals surface area contributed by atoms with Crippen molar-refractivity contribution in [1.82, 2.24) is 9.80 Å². The molecule has 0 fully saturated rings. The molecule has 0 saturated carbocycles. The number of nitrogens with zero attached hydrogens (tertiary/aromatic N) is 2. The second-order valence-electron chi connectivity index (χ2n) is 12.3. The first-order valence-electron chi connectivity index (χ1n) is 16.1. The third-order valence-corrected chi connectivity index (χ3v) is 9.05. The van der Waals surface area contributed by atoms with Gasteiger partial charge in [0.2, 0.25) is 0 Å². The molecule has 8 heteroatoms. The molecule has 0 aliphatic heterocycles. The van der Waals surface area contributed by atoms with Crippen LogP contribution in [0.15, 0.2) is 126 Å². The van der Waals surface area contributed by atoms with Gasteiger partial charge in [-0.05, 0) is 93.9 Å². The topological polar surface area (TPSA) is 87.2 Å². The standard InChI is InChI=1S/C42H40N2O5S/c1-28-24-37(20-21-39(28)49-27-40(45)46)50-23-22-38(31-16-12-29(13-17-31)33-8-6-10-35(25-33)41(47)43(2)3)32-18-14-30(15-19-32)34-9-7-11-36(26-34)42(48)44(4)5/h6-22,24-26H,23,27H2,1-5H3,(H,45,46). The summed E-state index contributed by atoms with van der Waals surface area (Å²) in [4.78, 5) is 40.3. The van der Waals surface area contributed by atoms with E-state index in [1.165, 1.54) is 0 Å². The number of ether oxygens (including phenoxy) is 1. The van der Waals surface area contributed by atoms with E-state index in [4.69, 9.17) is 9.84 Å². The monoisotopic (exact) mass is 684 g/mol. The molecule has 50 heavy (non-hydrogen) atoms. The average molecular weight is 685 g/mol. The maximum absolute atomic E-state index is 12.6. The smallest absolute Gasteiger partial charge is 0.341 e. The fourth-order valence-electron chi connectivity index (χ4n) is 5.50. The molecule has 0 bridgehead atoms. The van der Waals surface area contributed by atoms with Crippen LogP contribution >= 0.6 is 11.8 Å². The molecule has 0 unspecified atom stereocenters. The molecule has 5 rings (SSSR count). The number of carboxylic acid groups (broad SMARTS) is 1. The van der Waals surface area contributed by atoms with Crippen molar-refractivity contribution >= 4 is 35.1 Å². The molecule has 0 aliphatic carbocycles. The molecule has 5 aromatic rings. The van der Waals surface area contributed by atoms with Gasteiger partial charge >= 0.3 is 5.97 Å². The van der Waals surface area contributed by atoms with Gasteiger partial charge in [0, 0.05) is 50.0 Å². The fraction of sp³-hybridized carbons (Fsp3) is 0.167. The van der Waals surface area contributed by atoms with Gasteiger partial charge in [0.25, 0.3) is 11.8 Å². The number of aliphatic carboxylic acids is 1. The van der Waals surface area contributed by atoms with Gasteiger partial charge in [0.1, 0.15) is 5.75 Å². The normalized spacial score (nSPS) is 10.7. The third-order valence-electron chi connectivity index (χ3n) is 8.12. The minimum atomic E-state index is -1.01. The summed E-state index contributed by atoms with van der Waals surface area (Å²) in [6.07, 6.45) is 2.21. The highest BCUT2D eigenvalue weighted by Gasteiger charge is 2.13. The van der Waals surface area contributed by atoms with Crippen LogP contribution in [0.4, 0.5) is 0 Å². The van der Waals surface area contributed by atoms with Crippen LogP contribution < -0.4 is 4.74 Å². The fourth-order valence-corrected chi connectivity index (χ4v) is 6.37. The number of amides is 2. The maximum atomic E-state index is 12.6. The molecule has 0 aliphatic rings. The lowest BCUT2D eigenvalue weighted by Crippen LogP contribution is -2.21. The summed E-state index contributed by atoms with van der Waals surface area (Å²) < 4.78 is 5.39. The lowest BCUT2D eigenvalue weighted by atomic mass is 9.93. The van der Waals surface area contributed by atoms with Crippen molar-refractivity contribution in [3.63, 3.8) is 0 Å². The molecule has 0 heterocycles. The summed E-state index contributed by atoms with van der Waals surface area (Å²) in [6, 6.07) is 37.8. The van der Waals surface area contributed by atoms with E-state index in [0.29, 0.717) is 22.6 Å². The molecule has 7 nitrogen and oxygen atoms in total. The first-order chi connectivity index (χ1) is 24.0. The van der Waals surface area contributed by atoms with E-state index in [2.05, 4.69) is 54.6 Å². The number of rotatable bonds is 12. The van der Waals surface area contributed by atoms with Crippen molar-refractivity contribution in [2.75, 3.05) is 40.6 Å². The van der Waals surface area contributed by atoms with Crippen molar-refractivity contribution in [3.05, 3.63) is 149 Å². The van der Waals surface area contributed by atoms with Crippen LogP contribution in [0.2, 0.25) is 0 Å². The van der Waals surface area contributed by atoms with Gasteiger partial charge < -0.3 is 19.6 Å². The number of hydrogen-bond donors (Lipinski definition) is 1. The number of hydrogen-bond acceptors (Lipinski definition) is 5. The van der Waals surface area contributed by atoms with E-state index in [1.807, 2.05) is 73.7 Å². The summed E-state index contributed by atoms with van der Waals surface area (Å²) in [6.45, 7) is 1.53. The van der Waals surface area contributed by atoms with Crippen LogP contribution in [0.3, 0.4) is 0 Å².